The molecule has 0 radical (unpaired) electrons. The third kappa shape index (κ3) is 16.4. The molecule has 0 aliphatic carbocycles. The Morgan fingerprint density at radius 2 is 1.24 bits per heavy atom. The van der Waals surface area contributed by atoms with Crippen LogP contribution >= 0.6 is 0 Å². The first-order valence-corrected chi connectivity index (χ1v) is 10.8. The van der Waals surface area contributed by atoms with Gasteiger partial charge in [-0.25, -0.2) is 0 Å². The topological polar surface area (TPSA) is 43.4 Å². The second-order valence-corrected chi connectivity index (χ2v) is 7.39. The summed E-state index contributed by atoms with van der Waals surface area (Å²) >= 11 is 0. The number of esters is 1. The van der Waals surface area contributed by atoms with E-state index in [-0.39, 0.29) is 18.2 Å². The summed E-state index contributed by atoms with van der Waals surface area (Å²) in [6.07, 6.45) is 15.4. The number of Topliss-reactive ketones (excluding diaryl/α,β-unsaturated/α-hetero) is 1. The number of ketones is 1. The molecule has 0 N–H and O–H groups in total. The first-order valence-electron chi connectivity index (χ1n) is 10.8. The smallest absolute Gasteiger partial charge is 0.306 e. The molecule has 0 saturated carbocycles. The van der Waals surface area contributed by atoms with Crippen LogP contribution in [-0.2, 0) is 14.3 Å². The number of ether oxygens (including phenoxy) is 1. The van der Waals surface area contributed by atoms with Crippen molar-refractivity contribution >= 4 is 11.8 Å². The zero-order valence-corrected chi connectivity index (χ0v) is 17.1. The van der Waals surface area contributed by atoms with Gasteiger partial charge in [-0.2, -0.15) is 0 Å². The first kappa shape index (κ1) is 24.1. The molecule has 0 heterocycles. The van der Waals surface area contributed by atoms with Gasteiger partial charge in [0.2, 0.25) is 0 Å². The molecule has 0 aliphatic heterocycles. The van der Waals surface area contributed by atoms with Gasteiger partial charge in [-0.3, -0.25) is 9.59 Å². The monoisotopic (exact) mass is 354 g/mol. The summed E-state index contributed by atoms with van der Waals surface area (Å²) in [5.41, 5.74) is 0. The summed E-state index contributed by atoms with van der Waals surface area (Å²) in [6.45, 7) is 7.13. The van der Waals surface area contributed by atoms with Crippen molar-refractivity contribution in [2.24, 2.45) is 5.92 Å². The Bertz CT molecular complexity index is 315. The molecule has 0 unspecified atom stereocenters. The van der Waals surface area contributed by atoms with Gasteiger partial charge in [0, 0.05) is 12.8 Å². The summed E-state index contributed by atoms with van der Waals surface area (Å²) in [5.74, 6) is 0.500. The first-order chi connectivity index (χ1) is 12.1. The minimum absolute atomic E-state index is 0.196. The Kier molecular flexibility index (Phi) is 17.3. The van der Waals surface area contributed by atoms with Crippen LogP contribution in [0.15, 0.2) is 0 Å². The van der Waals surface area contributed by atoms with Crippen molar-refractivity contribution in [1.29, 1.82) is 0 Å². The van der Waals surface area contributed by atoms with Gasteiger partial charge in [0.05, 0.1) is 13.0 Å². The molecule has 0 atom stereocenters. The van der Waals surface area contributed by atoms with Crippen molar-refractivity contribution in [2.45, 2.75) is 117 Å². The number of carbonyl (C=O) groups is 2. The number of rotatable bonds is 18. The van der Waals surface area contributed by atoms with Crippen molar-refractivity contribution < 1.29 is 14.3 Å². The average Bonchev–Trinajstić information content (AvgIpc) is 2.61. The number of carbonyl (C=O) groups excluding carboxylic acids is 2. The number of hydrogen-bond acceptors (Lipinski definition) is 3. The van der Waals surface area contributed by atoms with Crippen molar-refractivity contribution in [1.82, 2.24) is 0 Å². The standard InChI is InChI=1S/C22H42O3/c1-4-7-10-13-16-21(23)17-18-22(24)25-19-20(14-11-8-5-2)15-12-9-6-3/h20H,4-19H2,1-3H3. The summed E-state index contributed by atoms with van der Waals surface area (Å²) in [4.78, 5) is 23.7. The summed E-state index contributed by atoms with van der Waals surface area (Å²) < 4.78 is 5.47. The SMILES string of the molecule is CCCCCCC(=O)CCC(=O)OCC(CCCCC)CCCCC. The highest BCUT2D eigenvalue weighted by molar-refractivity contribution is 5.82. The molecule has 0 aromatic heterocycles. The van der Waals surface area contributed by atoms with Crippen LogP contribution < -0.4 is 0 Å². The van der Waals surface area contributed by atoms with Crippen molar-refractivity contribution in [2.75, 3.05) is 6.61 Å². The van der Waals surface area contributed by atoms with Gasteiger partial charge >= 0.3 is 5.97 Å². The highest BCUT2D eigenvalue weighted by Gasteiger charge is 2.13. The van der Waals surface area contributed by atoms with Gasteiger partial charge in [0.1, 0.15) is 5.78 Å². The third-order valence-corrected chi connectivity index (χ3v) is 4.83. The van der Waals surface area contributed by atoms with E-state index < -0.39 is 0 Å². The van der Waals surface area contributed by atoms with Crippen LogP contribution in [0, 0.1) is 5.92 Å². The molecule has 0 spiro atoms. The molecule has 0 rings (SSSR count). The Hall–Kier alpha value is -0.860. The largest absolute Gasteiger partial charge is 0.465 e. The van der Waals surface area contributed by atoms with Crippen LogP contribution in [-0.4, -0.2) is 18.4 Å². The molecule has 0 bridgehead atoms. The molecule has 0 fully saturated rings. The van der Waals surface area contributed by atoms with Crippen molar-refractivity contribution in [3.8, 4) is 0 Å². The minimum atomic E-state index is -0.196. The van der Waals surface area contributed by atoms with Crippen LogP contribution in [0.1, 0.15) is 117 Å². The van der Waals surface area contributed by atoms with Gasteiger partial charge in [-0.15, -0.1) is 0 Å². The molecule has 0 aliphatic rings. The Morgan fingerprint density at radius 3 is 1.80 bits per heavy atom. The van der Waals surface area contributed by atoms with E-state index in [1.54, 1.807) is 0 Å². The molecule has 0 aromatic rings. The summed E-state index contributed by atoms with van der Waals surface area (Å²) in [7, 11) is 0. The van der Waals surface area contributed by atoms with Gasteiger partial charge in [-0.05, 0) is 25.2 Å². The van der Waals surface area contributed by atoms with E-state index >= 15 is 0 Å². The summed E-state index contributed by atoms with van der Waals surface area (Å²) in [5, 5.41) is 0. The Morgan fingerprint density at radius 1 is 0.680 bits per heavy atom. The van der Waals surface area contributed by atoms with Crippen molar-refractivity contribution in [3.05, 3.63) is 0 Å². The lowest BCUT2D eigenvalue weighted by Gasteiger charge is -2.17. The zero-order chi connectivity index (χ0) is 18.8. The molecule has 3 nitrogen and oxygen atoms in total. The predicted octanol–water partition coefficient (Wildman–Crippen LogP) is 6.63. The maximum Gasteiger partial charge on any atom is 0.306 e. The maximum absolute atomic E-state index is 11.9. The normalized spacial score (nSPS) is 11.0. The highest BCUT2D eigenvalue weighted by atomic mass is 16.5. The number of unbranched alkanes of at least 4 members (excludes halogenated alkanes) is 7. The Labute approximate surface area is 156 Å². The van der Waals surface area contributed by atoms with E-state index in [0.29, 0.717) is 25.4 Å². The van der Waals surface area contributed by atoms with Gasteiger partial charge < -0.3 is 4.74 Å². The van der Waals surface area contributed by atoms with Gasteiger partial charge in [-0.1, -0.05) is 78.6 Å². The Balaban J connectivity index is 3.91. The van der Waals surface area contributed by atoms with E-state index in [2.05, 4.69) is 20.8 Å². The highest BCUT2D eigenvalue weighted by Crippen LogP contribution is 2.18. The van der Waals surface area contributed by atoms with Crippen molar-refractivity contribution in [3.63, 3.8) is 0 Å². The molecule has 25 heavy (non-hydrogen) atoms. The van der Waals surface area contributed by atoms with Crippen LogP contribution in [0.2, 0.25) is 0 Å². The minimum Gasteiger partial charge on any atom is -0.465 e. The lowest BCUT2D eigenvalue weighted by molar-refractivity contribution is -0.146. The lowest BCUT2D eigenvalue weighted by atomic mass is 9.96. The molecular formula is C22H42O3. The van der Waals surface area contributed by atoms with Crippen LogP contribution in [0.4, 0.5) is 0 Å². The summed E-state index contributed by atoms with van der Waals surface area (Å²) in [6, 6.07) is 0. The fourth-order valence-electron chi connectivity index (χ4n) is 3.08. The van der Waals surface area contributed by atoms with Crippen LogP contribution in [0.3, 0.4) is 0 Å². The van der Waals surface area contributed by atoms with E-state index in [1.807, 2.05) is 0 Å². The predicted molar refractivity (Wildman–Crippen MR) is 106 cm³/mol. The van der Waals surface area contributed by atoms with Crippen LogP contribution in [0.25, 0.3) is 0 Å². The van der Waals surface area contributed by atoms with E-state index in [9.17, 15) is 9.59 Å². The second-order valence-electron chi connectivity index (χ2n) is 7.39. The van der Waals surface area contributed by atoms with Crippen LogP contribution in [0.5, 0.6) is 0 Å². The zero-order valence-electron chi connectivity index (χ0n) is 17.1. The molecule has 0 amide bonds. The fraction of sp³-hybridized carbons (Fsp3) is 0.909. The van der Waals surface area contributed by atoms with E-state index in [0.717, 1.165) is 25.7 Å². The second kappa shape index (κ2) is 17.9. The van der Waals surface area contributed by atoms with E-state index in [1.165, 1.54) is 51.4 Å². The van der Waals surface area contributed by atoms with E-state index in [4.69, 9.17) is 4.74 Å². The number of hydrogen-bond donors (Lipinski definition) is 0. The van der Waals surface area contributed by atoms with Gasteiger partial charge in [0.25, 0.3) is 0 Å². The fourth-order valence-corrected chi connectivity index (χ4v) is 3.08. The molecule has 0 aromatic carbocycles. The molecular weight excluding hydrogens is 312 g/mol. The maximum atomic E-state index is 11.9. The average molecular weight is 355 g/mol. The third-order valence-electron chi connectivity index (χ3n) is 4.83. The quantitative estimate of drug-likeness (QED) is 0.205. The lowest BCUT2D eigenvalue weighted by Crippen LogP contribution is -2.15. The molecule has 0 saturated heterocycles. The molecule has 3 heteroatoms. The van der Waals surface area contributed by atoms with Gasteiger partial charge in [0.15, 0.2) is 0 Å². The molecule has 148 valence electrons.